The Balaban J connectivity index is 1.81. The summed E-state index contributed by atoms with van der Waals surface area (Å²) in [6.45, 7) is 17.1. The summed E-state index contributed by atoms with van der Waals surface area (Å²) in [6, 6.07) is -3.83. The lowest BCUT2D eigenvalue weighted by molar-refractivity contribution is -0.148. The number of carboxylic acids is 2. The monoisotopic (exact) mass is 1330 g/mol. The van der Waals surface area contributed by atoms with Gasteiger partial charge in [0.1, 0.15) is 60.4 Å². The number of carboxylic acid groups (broad SMARTS) is 2. The van der Waals surface area contributed by atoms with Gasteiger partial charge in [0.25, 0.3) is 0 Å². The van der Waals surface area contributed by atoms with Crippen molar-refractivity contribution in [3.05, 3.63) is 35.9 Å². The number of likely N-dealkylation sites (tertiary alicyclic amines) is 2. The van der Waals surface area contributed by atoms with Crippen LogP contribution in [-0.4, -0.2) is 193 Å². The number of guanidine groups is 1. The molecule has 2 heterocycles. The highest BCUT2D eigenvalue weighted by molar-refractivity contribution is 8.12. The molecule has 1 aromatic carbocycles. The number of aliphatic carboxylic acids is 2. The van der Waals surface area contributed by atoms with Crippen molar-refractivity contribution in [2.24, 2.45) is 40.1 Å². The van der Waals surface area contributed by atoms with Crippen molar-refractivity contribution in [2.45, 2.75) is 231 Å². The summed E-state index contributed by atoms with van der Waals surface area (Å²) in [6.07, 6.45) is -1.56. The molecule has 520 valence electrons. The van der Waals surface area contributed by atoms with Crippen molar-refractivity contribution >= 4 is 93.8 Å². The first-order valence-corrected chi connectivity index (χ1v) is 33.1. The Hall–Kier alpha value is -7.89. The van der Waals surface area contributed by atoms with Crippen LogP contribution < -0.4 is 54.0 Å². The number of benzene rings is 1. The van der Waals surface area contributed by atoms with E-state index in [-0.39, 0.29) is 119 Å². The van der Waals surface area contributed by atoms with Gasteiger partial charge >= 0.3 is 11.9 Å². The molecule has 0 spiro atoms. The lowest BCUT2D eigenvalue weighted by Crippen LogP contribution is -2.61. The number of aliphatic hydroxyl groups is 1. The van der Waals surface area contributed by atoms with Gasteiger partial charge in [0, 0.05) is 44.6 Å². The molecular formula is C63H101N13O16S. The van der Waals surface area contributed by atoms with Gasteiger partial charge in [0.05, 0.1) is 6.10 Å². The summed E-state index contributed by atoms with van der Waals surface area (Å²) >= 11 is 1.09. The highest BCUT2D eigenvalue weighted by Gasteiger charge is 2.45. The number of nitrogens with zero attached hydrogens (tertiary/aromatic N) is 3. The van der Waals surface area contributed by atoms with Gasteiger partial charge in [0.2, 0.25) is 59.1 Å². The van der Waals surface area contributed by atoms with Gasteiger partial charge < -0.3 is 79.1 Å². The van der Waals surface area contributed by atoms with Crippen molar-refractivity contribution in [3.8, 4) is 0 Å². The van der Waals surface area contributed by atoms with Crippen molar-refractivity contribution < 1.29 is 77.6 Å². The van der Waals surface area contributed by atoms with Crippen LogP contribution >= 0.6 is 11.8 Å². The lowest BCUT2D eigenvalue weighted by Gasteiger charge is -2.34. The number of thioether (sulfide) groups is 1. The number of rotatable bonds is 39. The fourth-order valence-electron chi connectivity index (χ4n) is 10.8. The largest absolute Gasteiger partial charge is 0.481 e. The molecule has 11 atom stereocenters. The Morgan fingerprint density at radius 2 is 1.03 bits per heavy atom. The van der Waals surface area contributed by atoms with Crippen LogP contribution in [0.2, 0.25) is 0 Å². The van der Waals surface area contributed by atoms with Crippen molar-refractivity contribution in [3.63, 3.8) is 0 Å². The molecule has 3 rings (SSSR count). The van der Waals surface area contributed by atoms with Crippen molar-refractivity contribution in [1.29, 1.82) is 0 Å². The summed E-state index contributed by atoms with van der Waals surface area (Å²) in [5.41, 5.74) is 12.0. The van der Waals surface area contributed by atoms with Crippen LogP contribution in [0, 0.1) is 23.7 Å². The molecule has 15 N–H and O–H groups in total. The highest BCUT2D eigenvalue weighted by atomic mass is 32.2. The molecule has 1 aromatic rings. The Bertz CT molecular complexity index is 2770. The van der Waals surface area contributed by atoms with E-state index in [1.807, 2.05) is 44.2 Å². The van der Waals surface area contributed by atoms with Crippen molar-refractivity contribution in [1.82, 2.24) is 52.3 Å². The molecule has 0 radical (unpaired) electrons. The number of carbonyl (C=O) groups is 13. The molecule has 2 fully saturated rings. The van der Waals surface area contributed by atoms with Gasteiger partial charge in [-0.3, -0.25) is 62.5 Å². The summed E-state index contributed by atoms with van der Waals surface area (Å²) in [4.78, 5) is 183. The van der Waals surface area contributed by atoms with Crippen LogP contribution in [0.15, 0.2) is 35.3 Å². The SMILES string of the molecule is CC(C)C[C@H](NC(=O)[C@@H](NC(=O)[C@H](CC(C)C)NC(=O)[C@H](CCCN=C(N)N)NC(=O)[C@H](CCC(=O)O)NC(=O)[C@H](CC(C)C)NC(=O)[C@@H]1CCCN1C(=O)[C@@H]1CCCN1C(=O)[C@H](CC(C)C)NC(=O)[C@H](C)NC(=O)CCC(=O)SCc1ccccc1)[C@@H](C)O)C(=O)O. The fourth-order valence-corrected chi connectivity index (χ4v) is 11.6. The summed E-state index contributed by atoms with van der Waals surface area (Å²) < 4.78 is 0. The summed E-state index contributed by atoms with van der Waals surface area (Å²) in [5.74, 6) is -11.0. The van der Waals surface area contributed by atoms with Crippen LogP contribution in [0.3, 0.4) is 0 Å². The van der Waals surface area contributed by atoms with Gasteiger partial charge in [-0.05, 0) is 114 Å². The van der Waals surface area contributed by atoms with E-state index in [4.69, 9.17) is 11.5 Å². The number of aliphatic hydroxyl groups excluding tert-OH is 1. The minimum absolute atomic E-state index is 0.000481. The normalized spacial score (nSPS) is 17.5. The lowest BCUT2D eigenvalue weighted by atomic mass is 10.00. The molecular weight excluding hydrogens is 1230 g/mol. The standard InChI is InChI=1S/C63H101N13O16S/c1-34(2)29-43(71-58(87)47-20-15-27-75(47)61(90)48-21-16-28-76(48)60(89)45(31-36(5)6)72-53(82)38(9)67-49(78)23-25-51(81)93-33-40-17-12-11-13-18-40)56(85)69-42(22-24-50(79)80)55(84)68-41(19-14-26-66-63(64)65)54(83)70-44(30-35(3)4)57(86)74-52(39(10)77)59(88)73-46(62(91)92)32-37(7)8/h11-13,17-18,34-39,41-48,52,77H,14-16,19-33H2,1-10H3,(H,67,78)(H,68,84)(H,69,85)(H,70,83)(H,71,87)(H,72,82)(H,73,88)(H,74,86)(H,79,80)(H,91,92)(H4,64,65,66)/t38-,39+,41-,42-,43-,44-,45-,46-,47-,48-,52-/m0/s1. The maximum absolute atomic E-state index is 14.6. The van der Waals surface area contributed by atoms with Crippen LogP contribution in [0.1, 0.15) is 165 Å². The maximum Gasteiger partial charge on any atom is 0.326 e. The summed E-state index contributed by atoms with van der Waals surface area (Å²) in [7, 11) is 0. The number of amides is 10. The Kier molecular flexibility index (Phi) is 33.8. The average molecular weight is 1330 g/mol. The van der Waals surface area contributed by atoms with Crippen LogP contribution in [-0.2, 0) is 68.1 Å². The van der Waals surface area contributed by atoms with E-state index in [1.165, 1.54) is 23.6 Å². The van der Waals surface area contributed by atoms with E-state index in [1.54, 1.807) is 41.5 Å². The molecule has 0 aromatic heterocycles. The first-order valence-electron chi connectivity index (χ1n) is 32.1. The molecule has 2 aliphatic rings. The second-order valence-corrected chi connectivity index (χ2v) is 26.7. The first-order chi connectivity index (χ1) is 43.7. The van der Waals surface area contributed by atoms with Gasteiger partial charge in [-0.2, -0.15) is 0 Å². The second-order valence-electron chi connectivity index (χ2n) is 25.6. The highest BCUT2D eigenvalue weighted by Crippen LogP contribution is 2.27. The quantitative estimate of drug-likeness (QED) is 0.0245. The van der Waals surface area contributed by atoms with Crippen molar-refractivity contribution in [2.75, 3.05) is 19.6 Å². The smallest absolute Gasteiger partial charge is 0.326 e. The number of hydrogen-bond acceptors (Lipinski definition) is 16. The van der Waals surface area contributed by atoms with E-state index in [2.05, 4.69) is 47.5 Å². The molecule has 0 bridgehead atoms. The Morgan fingerprint density at radius 3 is 1.58 bits per heavy atom. The van der Waals surface area contributed by atoms with Gasteiger partial charge in [-0.15, -0.1) is 0 Å². The minimum atomic E-state index is -1.67. The number of nitrogens with two attached hydrogens (primary N) is 2. The van der Waals surface area contributed by atoms with Crippen LogP contribution in [0.25, 0.3) is 0 Å². The Labute approximate surface area is 548 Å². The number of nitrogens with one attached hydrogen (secondary N) is 8. The van der Waals surface area contributed by atoms with E-state index in [0.717, 1.165) is 17.3 Å². The fraction of sp³-hybridized carbons (Fsp3) is 0.683. The third-order valence-electron chi connectivity index (χ3n) is 15.5. The molecule has 10 amide bonds. The van der Waals surface area contributed by atoms with E-state index in [9.17, 15) is 77.6 Å². The molecule has 29 nitrogen and oxygen atoms in total. The first kappa shape index (κ1) is 79.3. The van der Waals surface area contributed by atoms with E-state index < -0.39 is 150 Å². The second kappa shape index (κ2) is 39.6. The molecule has 0 unspecified atom stereocenters. The van der Waals surface area contributed by atoms with Crippen LogP contribution in [0.5, 0.6) is 0 Å². The van der Waals surface area contributed by atoms with Gasteiger partial charge in [-0.1, -0.05) is 97.5 Å². The molecule has 0 aliphatic carbocycles. The molecule has 2 saturated heterocycles. The van der Waals surface area contributed by atoms with E-state index >= 15 is 0 Å². The predicted octanol–water partition coefficient (Wildman–Crippen LogP) is 0.675. The minimum Gasteiger partial charge on any atom is -0.481 e. The number of carbonyl (C=O) groups excluding carboxylic acids is 11. The topological polar surface area (TPSA) is 450 Å². The summed E-state index contributed by atoms with van der Waals surface area (Å²) in [5, 5.41) is 50.5. The maximum atomic E-state index is 14.6. The van der Waals surface area contributed by atoms with Gasteiger partial charge in [0.15, 0.2) is 11.1 Å². The zero-order chi connectivity index (χ0) is 69.8. The molecule has 93 heavy (non-hydrogen) atoms. The average Bonchev–Trinajstić information content (AvgIpc) is 1.70. The molecule has 0 saturated carbocycles. The van der Waals surface area contributed by atoms with Crippen LogP contribution in [0.4, 0.5) is 0 Å². The molecule has 30 heteroatoms. The predicted molar refractivity (Wildman–Crippen MR) is 346 cm³/mol. The number of hydrogen-bond donors (Lipinski definition) is 13. The third kappa shape index (κ3) is 28.1. The zero-order valence-corrected chi connectivity index (χ0v) is 56.1. The number of aliphatic imine (C=N–C) groups is 1. The zero-order valence-electron chi connectivity index (χ0n) is 55.3. The van der Waals surface area contributed by atoms with E-state index in [0.29, 0.717) is 18.6 Å². The molecule has 2 aliphatic heterocycles. The van der Waals surface area contributed by atoms with Gasteiger partial charge in [-0.25, -0.2) is 4.79 Å². The third-order valence-corrected chi connectivity index (χ3v) is 16.5. The Morgan fingerprint density at radius 1 is 0.548 bits per heavy atom.